The second-order valence-corrected chi connectivity index (χ2v) is 9.08. The van der Waals surface area contributed by atoms with E-state index < -0.39 is 0 Å². The molecule has 30 heavy (non-hydrogen) atoms. The highest BCUT2D eigenvalue weighted by atomic mass is 79.9. The summed E-state index contributed by atoms with van der Waals surface area (Å²) < 4.78 is 0.911. The quantitative estimate of drug-likeness (QED) is 0.290. The van der Waals surface area contributed by atoms with Crippen molar-refractivity contribution < 1.29 is 10.2 Å². The summed E-state index contributed by atoms with van der Waals surface area (Å²) in [5.41, 5.74) is 2.81. The SMILES string of the molecule is CC(C)(C)c1cc(Cl)c(O)c(N=Cc2cc(N=Nc3cccc(Br)c3)ccc2O)c1. The van der Waals surface area contributed by atoms with Gasteiger partial charge in [0.15, 0.2) is 5.75 Å². The predicted octanol–water partition coefficient (Wildman–Crippen LogP) is 7.98. The Morgan fingerprint density at radius 1 is 0.933 bits per heavy atom. The number of hydrogen-bond acceptors (Lipinski definition) is 5. The van der Waals surface area contributed by atoms with Crippen LogP contribution in [0.25, 0.3) is 0 Å². The highest BCUT2D eigenvalue weighted by Crippen LogP contribution is 2.39. The number of hydrogen-bond donors (Lipinski definition) is 2. The first-order valence-corrected chi connectivity index (χ1v) is 10.4. The zero-order chi connectivity index (χ0) is 21.9. The molecule has 0 spiro atoms. The van der Waals surface area contributed by atoms with Crippen LogP contribution in [0.15, 0.2) is 74.3 Å². The van der Waals surface area contributed by atoms with Crippen LogP contribution in [0.1, 0.15) is 31.9 Å². The van der Waals surface area contributed by atoms with Gasteiger partial charge in [-0.25, -0.2) is 0 Å². The van der Waals surface area contributed by atoms with Crippen LogP contribution in [-0.4, -0.2) is 16.4 Å². The van der Waals surface area contributed by atoms with Crippen molar-refractivity contribution in [1.82, 2.24) is 0 Å². The molecule has 0 saturated carbocycles. The van der Waals surface area contributed by atoms with Crippen molar-refractivity contribution in [1.29, 1.82) is 0 Å². The number of phenolic OH excluding ortho intramolecular Hbond substituents is 2. The van der Waals surface area contributed by atoms with Crippen molar-refractivity contribution in [3.8, 4) is 11.5 Å². The molecule has 0 aromatic heterocycles. The third-order valence-electron chi connectivity index (χ3n) is 4.35. The van der Waals surface area contributed by atoms with Crippen molar-refractivity contribution in [2.45, 2.75) is 26.2 Å². The summed E-state index contributed by atoms with van der Waals surface area (Å²) in [6.45, 7) is 6.15. The molecule has 0 saturated heterocycles. The molecule has 5 nitrogen and oxygen atoms in total. The van der Waals surface area contributed by atoms with E-state index in [9.17, 15) is 10.2 Å². The van der Waals surface area contributed by atoms with E-state index in [4.69, 9.17) is 11.6 Å². The normalized spacial score (nSPS) is 12.2. The monoisotopic (exact) mass is 485 g/mol. The van der Waals surface area contributed by atoms with Gasteiger partial charge in [-0.3, -0.25) is 4.99 Å². The van der Waals surface area contributed by atoms with Crippen LogP contribution in [0.2, 0.25) is 5.02 Å². The van der Waals surface area contributed by atoms with E-state index in [1.54, 1.807) is 24.3 Å². The minimum Gasteiger partial charge on any atom is -0.507 e. The Bertz CT molecular complexity index is 1140. The van der Waals surface area contributed by atoms with E-state index in [1.807, 2.05) is 24.3 Å². The van der Waals surface area contributed by atoms with Crippen LogP contribution in [0.3, 0.4) is 0 Å². The van der Waals surface area contributed by atoms with E-state index in [1.165, 1.54) is 12.3 Å². The molecule has 2 N–H and O–H groups in total. The molecule has 154 valence electrons. The molecule has 0 aliphatic heterocycles. The predicted molar refractivity (Wildman–Crippen MR) is 125 cm³/mol. The molecule has 0 aliphatic rings. The van der Waals surface area contributed by atoms with Gasteiger partial charge in [0.2, 0.25) is 0 Å². The highest BCUT2D eigenvalue weighted by molar-refractivity contribution is 9.10. The maximum atomic E-state index is 10.3. The lowest BCUT2D eigenvalue weighted by Gasteiger charge is -2.20. The summed E-state index contributed by atoms with van der Waals surface area (Å²) in [5.74, 6) is -0.0661. The first-order valence-electron chi connectivity index (χ1n) is 9.21. The lowest BCUT2D eigenvalue weighted by Crippen LogP contribution is -2.10. The largest absolute Gasteiger partial charge is 0.507 e. The zero-order valence-electron chi connectivity index (χ0n) is 16.8. The van der Waals surface area contributed by atoms with Crippen molar-refractivity contribution in [3.63, 3.8) is 0 Å². The van der Waals surface area contributed by atoms with Gasteiger partial charge in [-0.1, -0.05) is 54.4 Å². The topological polar surface area (TPSA) is 77.5 Å². The Labute approximate surface area is 188 Å². The molecule has 0 radical (unpaired) electrons. The molecule has 3 aromatic rings. The molecule has 0 bridgehead atoms. The second-order valence-electron chi connectivity index (χ2n) is 7.76. The Morgan fingerprint density at radius 2 is 1.63 bits per heavy atom. The van der Waals surface area contributed by atoms with Crippen LogP contribution in [-0.2, 0) is 5.41 Å². The lowest BCUT2D eigenvalue weighted by molar-refractivity contribution is 0.473. The smallest absolute Gasteiger partial charge is 0.159 e. The summed E-state index contributed by atoms with van der Waals surface area (Å²) in [4.78, 5) is 4.34. The Kier molecular flexibility index (Phi) is 6.58. The first-order chi connectivity index (χ1) is 14.1. The van der Waals surface area contributed by atoms with E-state index in [-0.39, 0.29) is 21.9 Å². The second kappa shape index (κ2) is 8.98. The van der Waals surface area contributed by atoms with Gasteiger partial charge >= 0.3 is 0 Å². The zero-order valence-corrected chi connectivity index (χ0v) is 19.1. The molecule has 0 amide bonds. The fourth-order valence-corrected chi connectivity index (χ4v) is 3.22. The Balaban J connectivity index is 1.91. The number of phenols is 2. The Hall–Kier alpha value is -2.70. The standard InChI is InChI=1S/C23H21BrClN3O2/c1-23(2,3)15-10-19(25)22(30)20(11-15)26-13-14-9-18(7-8-21(14)29)28-27-17-6-4-5-16(24)12-17/h4-13,29-30H,1-3H3. The van der Waals surface area contributed by atoms with Gasteiger partial charge in [0.1, 0.15) is 11.4 Å². The fraction of sp³-hybridized carbons (Fsp3) is 0.174. The maximum absolute atomic E-state index is 10.3. The number of aliphatic imine (C=N–C) groups is 1. The molecule has 0 unspecified atom stereocenters. The van der Waals surface area contributed by atoms with Gasteiger partial charge in [-0.05, 0) is 59.5 Å². The van der Waals surface area contributed by atoms with Crippen LogP contribution in [0.4, 0.5) is 17.1 Å². The lowest BCUT2D eigenvalue weighted by atomic mass is 9.87. The molecule has 0 aliphatic carbocycles. The summed E-state index contributed by atoms with van der Waals surface area (Å²) in [6, 6.07) is 15.8. The van der Waals surface area contributed by atoms with Crippen LogP contribution >= 0.6 is 27.5 Å². The van der Waals surface area contributed by atoms with Crippen molar-refractivity contribution in [3.05, 3.63) is 75.2 Å². The molecule has 0 fully saturated rings. The average molecular weight is 487 g/mol. The molecular weight excluding hydrogens is 466 g/mol. The third kappa shape index (κ3) is 5.46. The summed E-state index contributed by atoms with van der Waals surface area (Å²) in [6.07, 6.45) is 1.46. The minimum absolute atomic E-state index is 0.0396. The van der Waals surface area contributed by atoms with Crippen molar-refractivity contribution in [2.24, 2.45) is 15.2 Å². The average Bonchev–Trinajstić information content (AvgIpc) is 2.68. The van der Waals surface area contributed by atoms with Crippen LogP contribution in [0.5, 0.6) is 11.5 Å². The third-order valence-corrected chi connectivity index (χ3v) is 5.13. The van der Waals surface area contributed by atoms with Gasteiger partial charge in [0, 0.05) is 16.3 Å². The number of aromatic hydroxyl groups is 2. The molecule has 3 rings (SSSR count). The van der Waals surface area contributed by atoms with Crippen molar-refractivity contribution >= 4 is 50.8 Å². The molecule has 3 aromatic carbocycles. The molecule has 7 heteroatoms. The summed E-state index contributed by atoms with van der Waals surface area (Å²) in [7, 11) is 0. The minimum atomic E-state index is -0.156. The first kappa shape index (κ1) is 22.0. The number of rotatable bonds is 4. The number of benzene rings is 3. The summed E-state index contributed by atoms with van der Waals surface area (Å²) in [5, 5.41) is 29.1. The van der Waals surface area contributed by atoms with Crippen molar-refractivity contribution in [2.75, 3.05) is 0 Å². The number of azo groups is 1. The van der Waals surface area contributed by atoms with Crippen LogP contribution < -0.4 is 0 Å². The fourth-order valence-electron chi connectivity index (χ4n) is 2.62. The van der Waals surface area contributed by atoms with E-state index in [2.05, 4.69) is 51.9 Å². The highest BCUT2D eigenvalue weighted by Gasteiger charge is 2.18. The van der Waals surface area contributed by atoms with Gasteiger partial charge in [0.05, 0.1) is 16.4 Å². The Morgan fingerprint density at radius 3 is 2.30 bits per heavy atom. The molecule has 0 atom stereocenters. The maximum Gasteiger partial charge on any atom is 0.159 e. The van der Waals surface area contributed by atoms with Gasteiger partial charge < -0.3 is 10.2 Å². The van der Waals surface area contributed by atoms with E-state index in [0.29, 0.717) is 22.6 Å². The van der Waals surface area contributed by atoms with Gasteiger partial charge in [-0.2, -0.15) is 10.2 Å². The number of nitrogens with zero attached hydrogens (tertiary/aromatic N) is 3. The van der Waals surface area contributed by atoms with Crippen LogP contribution in [0, 0.1) is 0 Å². The van der Waals surface area contributed by atoms with E-state index >= 15 is 0 Å². The van der Waals surface area contributed by atoms with Gasteiger partial charge in [0.25, 0.3) is 0 Å². The van der Waals surface area contributed by atoms with Gasteiger partial charge in [-0.15, -0.1) is 0 Å². The molecular formula is C23H21BrClN3O2. The summed E-state index contributed by atoms with van der Waals surface area (Å²) >= 11 is 9.57. The van der Waals surface area contributed by atoms with E-state index in [0.717, 1.165) is 10.0 Å². The molecule has 0 heterocycles. The number of halogens is 2.